The van der Waals surface area contributed by atoms with Crippen LogP contribution < -0.4 is 0 Å². The van der Waals surface area contributed by atoms with Gasteiger partial charge in [-0.3, -0.25) is 0 Å². The maximum Gasteiger partial charge on any atom is 0.145 e. The number of nitrogens with one attached hydrogen (secondary N) is 1. The summed E-state index contributed by atoms with van der Waals surface area (Å²) in [6.45, 7) is 2.01. The van der Waals surface area contributed by atoms with E-state index in [0.717, 1.165) is 16.6 Å². The molecule has 0 saturated carbocycles. The van der Waals surface area contributed by atoms with Crippen molar-refractivity contribution in [3.63, 3.8) is 0 Å². The van der Waals surface area contributed by atoms with Gasteiger partial charge in [-0.1, -0.05) is 42.9 Å². The number of nitrogens with zero attached hydrogens (tertiary/aromatic N) is 1. The number of aromatic nitrogens is 2. The molecule has 100 valence electrons. The van der Waals surface area contributed by atoms with E-state index in [2.05, 4.69) is 25.9 Å². The molecule has 0 spiro atoms. The number of aryl methyl sites for hydroxylation is 1. The van der Waals surface area contributed by atoms with Gasteiger partial charge in [0.2, 0.25) is 0 Å². The van der Waals surface area contributed by atoms with E-state index in [4.69, 9.17) is 23.8 Å². The summed E-state index contributed by atoms with van der Waals surface area (Å²) in [6.07, 6.45) is 1.12. The van der Waals surface area contributed by atoms with E-state index in [9.17, 15) is 4.39 Å². The molecule has 1 aromatic carbocycles. The molecule has 0 radical (unpaired) electrons. The highest BCUT2D eigenvalue weighted by atomic mass is 79.9. The smallest absolute Gasteiger partial charge is 0.145 e. The predicted molar refractivity (Wildman–Crippen MR) is 80.7 cm³/mol. The normalized spacial score (nSPS) is 10.7. The lowest BCUT2D eigenvalue weighted by molar-refractivity contribution is 0.612. The van der Waals surface area contributed by atoms with Crippen molar-refractivity contribution in [2.24, 2.45) is 0 Å². The minimum absolute atomic E-state index is 0.115. The van der Waals surface area contributed by atoms with Crippen LogP contribution in [-0.2, 0) is 12.8 Å². The summed E-state index contributed by atoms with van der Waals surface area (Å²) in [7, 11) is 0. The van der Waals surface area contributed by atoms with Crippen molar-refractivity contribution in [1.82, 2.24) is 9.97 Å². The van der Waals surface area contributed by atoms with Crippen molar-refractivity contribution in [3.05, 3.63) is 55.2 Å². The molecule has 1 N–H and O–H groups in total. The third-order valence-electron chi connectivity index (χ3n) is 2.73. The van der Waals surface area contributed by atoms with Crippen LogP contribution in [0.5, 0.6) is 0 Å². The minimum Gasteiger partial charge on any atom is -0.346 e. The molecule has 6 heteroatoms. The van der Waals surface area contributed by atoms with Gasteiger partial charge in [0.25, 0.3) is 0 Å². The van der Waals surface area contributed by atoms with Crippen LogP contribution in [-0.4, -0.2) is 9.97 Å². The Morgan fingerprint density at radius 2 is 2.21 bits per heavy atom. The second kappa shape index (κ2) is 6.11. The van der Waals surface area contributed by atoms with Crippen LogP contribution in [0.25, 0.3) is 0 Å². The van der Waals surface area contributed by atoms with Gasteiger partial charge in [0.15, 0.2) is 0 Å². The fourth-order valence-electron chi connectivity index (χ4n) is 1.75. The van der Waals surface area contributed by atoms with Gasteiger partial charge in [-0.15, -0.1) is 0 Å². The highest BCUT2D eigenvalue weighted by Crippen LogP contribution is 2.21. The molecule has 2 nitrogen and oxygen atoms in total. The van der Waals surface area contributed by atoms with Gasteiger partial charge in [0, 0.05) is 12.1 Å². The Kier molecular flexibility index (Phi) is 4.71. The summed E-state index contributed by atoms with van der Waals surface area (Å²) in [5, 5.41) is 0.115. The number of H-pyrrole nitrogens is 1. The van der Waals surface area contributed by atoms with E-state index in [0.29, 0.717) is 22.4 Å². The molecule has 2 rings (SSSR count). The van der Waals surface area contributed by atoms with E-state index in [1.165, 1.54) is 6.07 Å². The third kappa shape index (κ3) is 3.22. The average molecular weight is 362 g/mol. The quantitative estimate of drug-likeness (QED) is 0.792. The maximum absolute atomic E-state index is 13.8. The summed E-state index contributed by atoms with van der Waals surface area (Å²) in [5.74, 6) is 0.220. The van der Waals surface area contributed by atoms with Gasteiger partial charge in [0.1, 0.15) is 16.3 Å². The van der Waals surface area contributed by atoms with Gasteiger partial charge in [-0.2, -0.15) is 0 Å². The Labute approximate surface area is 129 Å². The monoisotopic (exact) mass is 360 g/mol. The number of rotatable bonds is 3. The van der Waals surface area contributed by atoms with Crippen molar-refractivity contribution in [2.75, 3.05) is 0 Å². The Hall–Kier alpha value is -0.780. The molecule has 1 aromatic heterocycles. The zero-order valence-electron chi connectivity index (χ0n) is 10.1. The van der Waals surface area contributed by atoms with Gasteiger partial charge in [-0.05, 0) is 34.0 Å². The summed E-state index contributed by atoms with van der Waals surface area (Å²) in [5.41, 5.74) is 1.45. The molecule has 0 fully saturated rings. The van der Waals surface area contributed by atoms with Crippen LogP contribution >= 0.6 is 39.7 Å². The summed E-state index contributed by atoms with van der Waals surface area (Å²) >= 11 is 14.3. The van der Waals surface area contributed by atoms with Gasteiger partial charge in [0.05, 0.1) is 9.50 Å². The molecule has 0 atom stereocenters. The summed E-state index contributed by atoms with van der Waals surface area (Å²) < 4.78 is 15.1. The molecule has 19 heavy (non-hydrogen) atoms. The van der Waals surface area contributed by atoms with Crippen molar-refractivity contribution in [2.45, 2.75) is 19.8 Å². The van der Waals surface area contributed by atoms with Crippen molar-refractivity contribution < 1.29 is 4.39 Å². The molecular formula is C13H11BrClFN2S. The fourth-order valence-corrected chi connectivity index (χ4v) is 2.65. The first-order chi connectivity index (χ1) is 9.02. The molecule has 0 aliphatic rings. The fraction of sp³-hybridized carbons (Fsp3) is 0.231. The second-order valence-corrected chi connectivity index (χ2v) is 5.61. The number of benzene rings is 1. The highest BCUT2D eigenvalue weighted by Gasteiger charge is 2.10. The van der Waals surface area contributed by atoms with Crippen molar-refractivity contribution in [1.29, 1.82) is 0 Å². The molecule has 0 amide bonds. The lowest BCUT2D eigenvalue weighted by atomic mass is 10.1. The summed E-state index contributed by atoms with van der Waals surface area (Å²) in [4.78, 5) is 7.41. The molecule has 1 heterocycles. The molecule has 0 bridgehead atoms. The lowest BCUT2D eigenvalue weighted by Gasteiger charge is -2.08. The minimum atomic E-state index is -0.411. The van der Waals surface area contributed by atoms with Crippen LogP contribution in [0.4, 0.5) is 4.39 Å². The third-order valence-corrected chi connectivity index (χ3v) is 4.43. The van der Waals surface area contributed by atoms with E-state index in [1.54, 1.807) is 12.1 Å². The zero-order chi connectivity index (χ0) is 14.0. The van der Waals surface area contributed by atoms with Crippen LogP contribution in [0.1, 0.15) is 24.0 Å². The highest BCUT2D eigenvalue weighted by molar-refractivity contribution is 9.10. The number of aromatic amines is 1. The Morgan fingerprint density at radius 1 is 1.47 bits per heavy atom. The van der Waals surface area contributed by atoms with Crippen LogP contribution in [0.3, 0.4) is 0 Å². The van der Waals surface area contributed by atoms with E-state index in [-0.39, 0.29) is 5.02 Å². The van der Waals surface area contributed by atoms with E-state index in [1.807, 2.05) is 6.92 Å². The van der Waals surface area contributed by atoms with Gasteiger partial charge in [-0.25, -0.2) is 9.37 Å². The number of hydrogen-bond acceptors (Lipinski definition) is 2. The first kappa shape index (κ1) is 14.6. The predicted octanol–water partition coefficient (Wildman–Crippen LogP) is 4.85. The Morgan fingerprint density at radius 3 is 2.89 bits per heavy atom. The number of halogens is 3. The standard InChI is InChI=1S/C13H11BrClFN2S/c1-2-9-11(14)13(19)18-10(17-9)6-7-4-3-5-8(15)12(7)16/h3-5H,2,6H2,1H3,(H,17,18,19). The van der Waals surface area contributed by atoms with Gasteiger partial charge >= 0.3 is 0 Å². The van der Waals surface area contributed by atoms with E-state index < -0.39 is 5.82 Å². The molecule has 0 unspecified atom stereocenters. The molecule has 2 aromatic rings. The topological polar surface area (TPSA) is 28.7 Å². The maximum atomic E-state index is 13.8. The Bertz CT molecular complexity index is 672. The molecule has 0 aliphatic carbocycles. The lowest BCUT2D eigenvalue weighted by Crippen LogP contribution is -2.03. The van der Waals surface area contributed by atoms with Crippen molar-refractivity contribution in [3.8, 4) is 0 Å². The van der Waals surface area contributed by atoms with Crippen LogP contribution in [0.2, 0.25) is 5.02 Å². The summed E-state index contributed by atoms with van der Waals surface area (Å²) in [6, 6.07) is 4.93. The average Bonchev–Trinajstić information content (AvgIpc) is 2.39. The molecule has 0 aliphatic heterocycles. The zero-order valence-corrected chi connectivity index (χ0v) is 13.3. The van der Waals surface area contributed by atoms with E-state index >= 15 is 0 Å². The first-order valence-corrected chi connectivity index (χ1v) is 7.31. The van der Waals surface area contributed by atoms with Crippen LogP contribution in [0.15, 0.2) is 22.7 Å². The van der Waals surface area contributed by atoms with Crippen LogP contribution in [0, 0.1) is 10.5 Å². The largest absolute Gasteiger partial charge is 0.346 e. The number of hydrogen-bond donors (Lipinski definition) is 1. The van der Waals surface area contributed by atoms with Gasteiger partial charge < -0.3 is 4.98 Å². The first-order valence-electron chi connectivity index (χ1n) is 5.73. The SMILES string of the molecule is CCc1[nH]c(Cc2cccc(Cl)c2F)nc(=S)c1Br. The molecular weight excluding hydrogens is 351 g/mol. The molecule has 0 saturated heterocycles. The Balaban J connectivity index is 2.41. The van der Waals surface area contributed by atoms with Crippen molar-refractivity contribution >= 4 is 39.7 Å². The second-order valence-electron chi connectivity index (χ2n) is 4.02.